The van der Waals surface area contributed by atoms with Gasteiger partial charge in [0.05, 0.1) is 0 Å². The summed E-state index contributed by atoms with van der Waals surface area (Å²) in [4.78, 5) is 5.42. The second-order valence-electron chi connectivity index (χ2n) is 2.97. The van der Waals surface area contributed by atoms with Crippen LogP contribution in [0, 0.1) is 6.92 Å². The van der Waals surface area contributed by atoms with Gasteiger partial charge in [-0.2, -0.15) is 0 Å². The van der Waals surface area contributed by atoms with Crippen LogP contribution in [0.2, 0.25) is 0 Å². The monoisotopic (exact) mass is 225 g/mol. The van der Waals surface area contributed by atoms with E-state index >= 15 is 0 Å². The first-order valence-corrected chi connectivity index (χ1v) is 5.92. The van der Waals surface area contributed by atoms with E-state index in [2.05, 4.69) is 40.9 Å². The summed E-state index contributed by atoms with van der Waals surface area (Å²) < 4.78 is 3.12. The third-order valence-corrected chi connectivity index (χ3v) is 3.57. The molecule has 3 nitrogen and oxygen atoms in total. The lowest BCUT2D eigenvalue weighted by molar-refractivity contribution is 0.933. The maximum atomic E-state index is 5.54. The molecule has 1 aliphatic heterocycles. The second-order valence-corrected chi connectivity index (χ2v) is 4.98. The van der Waals surface area contributed by atoms with Gasteiger partial charge in [-0.05, 0) is 31.0 Å². The molecule has 0 radical (unpaired) electrons. The second kappa shape index (κ2) is 4.25. The fourth-order valence-electron chi connectivity index (χ4n) is 1.08. The number of nitrogens with one attached hydrogen (secondary N) is 1. The number of aryl methyl sites for hydroxylation is 1. The molecule has 14 heavy (non-hydrogen) atoms. The maximum absolute atomic E-state index is 5.54. The molecule has 1 atom stereocenters. The Balaban J connectivity index is 2.01. The summed E-state index contributed by atoms with van der Waals surface area (Å²) in [6, 6.07) is 8.38. The van der Waals surface area contributed by atoms with E-state index in [1.807, 2.05) is 0 Å². The van der Waals surface area contributed by atoms with E-state index < -0.39 is 0 Å². The Bertz CT molecular complexity index is 348. The topological polar surface area (TPSA) is 50.4 Å². The first-order chi connectivity index (χ1) is 6.74. The Morgan fingerprint density at radius 1 is 1.43 bits per heavy atom. The zero-order chi connectivity index (χ0) is 9.97. The summed E-state index contributed by atoms with van der Waals surface area (Å²) >= 11 is 3.05. The van der Waals surface area contributed by atoms with Gasteiger partial charge in [-0.3, -0.25) is 0 Å². The Morgan fingerprint density at radius 2 is 2.14 bits per heavy atom. The summed E-state index contributed by atoms with van der Waals surface area (Å²) in [5.41, 5.74) is 6.85. The number of rotatable bonds is 2. The molecule has 1 aromatic rings. The van der Waals surface area contributed by atoms with Gasteiger partial charge in [-0.15, -0.1) is 0 Å². The maximum Gasteiger partial charge on any atom is 0.171 e. The van der Waals surface area contributed by atoms with E-state index in [1.54, 1.807) is 11.8 Å². The van der Waals surface area contributed by atoms with Crippen LogP contribution < -0.4 is 10.5 Å². The predicted molar refractivity (Wildman–Crippen MR) is 63.2 cm³/mol. The van der Waals surface area contributed by atoms with Crippen LogP contribution in [0.5, 0.6) is 0 Å². The number of thioether (sulfide) groups is 1. The Hall–Kier alpha value is -0.650. The summed E-state index contributed by atoms with van der Waals surface area (Å²) in [5.74, 6) is 0. The summed E-state index contributed by atoms with van der Waals surface area (Å²) in [5, 5.41) is 0.606. The molecule has 0 aromatic heterocycles. The quantitative estimate of drug-likeness (QED) is 0.755. The molecule has 5 heteroatoms. The molecule has 0 bridgehead atoms. The minimum Gasteiger partial charge on any atom is -0.377 e. The van der Waals surface area contributed by atoms with Gasteiger partial charge in [0.1, 0.15) is 0 Å². The number of hydrogen-bond acceptors (Lipinski definition) is 5. The van der Waals surface area contributed by atoms with E-state index in [0.29, 0.717) is 5.17 Å². The average Bonchev–Trinajstić information content (AvgIpc) is 2.56. The zero-order valence-electron chi connectivity index (χ0n) is 7.73. The molecule has 1 aromatic carbocycles. The lowest BCUT2D eigenvalue weighted by Gasteiger charge is -2.05. The molecule has 0 saturated heterocycles. The molecule has 0 saturated carbocycles. The predicted octanol–water partition coefficient (Wildman–Crippen LogP) is 1.94. The van der Waals surface area contributed by atoms with Gasteiger partial charge in [-0.25, -0.2) is 9.71 Å². The van der Waals surface area contributed by atoms with Crippen LogP contribution in [0.1, 0.15) is 5.56 Å². The summed E-state index contributed by atoms with van der Waals surface area (Å²) in [7, 11) is 0. The molecular weight excluding hydrogens is 214 g/mol. The minimum atomic E-state index is 0.0442. The Labute approximate surface area is 91.7 Å². The summed E-state index contributed by atoms with van der Waals surface area (Å²) in [6.45, 7) is 2.08. The van der Waals surface area contributed by atoms with Crippen LogP contribution >= 0.6 is 23.7 Å². The normalized spacial score (nSPS) is 20.9. The number of nitrogens with zero attached hydrogens (tertiary/aromatic N) is 1. The molecule has 2 rings (SSSR count). The molecule has 74 valence electrons. The van der Waals surface area contributed by atoms with Gasteiger partial charge in [0.2, 0.25) is 0 Å². The molecule has 0 fully saturated rings. The highest BCUT2D eigenvalue weighted by Crippen LogP contribution is 2.27. The molecule has 1 heterocycles. The molecule has 0 amide bonds. The van der Waals surface area contributed by atoms with Crippen LogP contribution in [0.15, 0.2) is 34.2 Å². The van der Waals surface area contributed by atoms with Crippen molar-refractivity contribution in [3.8, 4) is 0 Å². The highest BCUT2D eigenvalue weighted by molar-refractivity contribution is 8.13. The first-order valence-electron chi connectivity index (χ1n) is 4.23. The average molecular weight is 225 g/mol. The van der Waals surface area contributed by atoms with Gasteiger partial charge in [0.25, 0.3) is 0 Å². The summed E-state index contributed by atoms with van der Waals surface area (Å²) in [6.07, 6.45) is 0. The van der Waals surface area contributed by atoms with Crippen LogP contribution in [0.25, 0.3) is 0 Å². The van der Waals surface area contributed by atoms with Crippen molar-refractivity contribution < 1.29 is 0 Å². The molecule has 1 aliphatic rings. The van der Waals surface area contributed by atoms with Crippen molar-refractivity contribution in [2.45, 2.75) is 17.3 Å². The van der Waals surface area contributed by atoms with E-state index in [1.165, 1.54) is 22.4 Å². The number of aliphatic imine (C=N–C) groups is 1. The van der Waals surface area contributed by atoms with Crippen molar-refractivity contribution in [3.63, 3.8) is 0 Å². The standard InChI is InChI=1S/C9H11N3S2/c1-6-2-4-7(5-3-6)13-9-11-8(10)14-12-9/h2-5,9,12H,1H3,(H2,10,11). The lowest BCUT2D eigenvalue weighted by Crippen LogP contribution is -2.10. The van der Waals surface area contributed by atoms with Crippen molar-refractivity contribution in [1.29, 1.82) is 0 Å². The number of amidine groups is 1. The zero-order valence-corrected chi connectivity index (χ0v) is 9.36. The molecule has 0 spiro atoms. The van der Waals surface area contributed by atoms with E-state index in [0.717, 1.165) is 0 Å². The van der Waals surface area contributed by atoms with Gasteiger partial charge < -0.3 is 5.73 Å². The van der Waals surface area contributed by atoms with Crippen molar-refractivity contribution in [3.05, 3.63) is 29.8 Å². The third-order valence-electron chi connectivity index (χ3n) is 1.78. The highest BCUT2D eigenvalue weighted by atomic mass is 32.2. The SMILES string of the molecule is Cc1ccc(SC2N=C(N)SN2)cc1. The lowest BCUT2D eigenvalue weighted by atomic mass is 10.2. The van der Waals surface area contributed by atoms with E-state index in [9.17, 15) is 0 Å². The smallest absolute Gasteiger partial charge is 0.171 e. The molecule has 3 N–H and O–H groups in total. The molecule has 1 unspecified atom stereocenters. The van der Waals surface area contributed by atoms with Gasteiger partial charge >= 0.3 is 0 Å². The number of nitrogens with two attached hydrogens (primary N) is 1. The third kappa shape index (κ3) is 2.43. The molecule has 0 aliphatic carbocycles. The Morgan fingerprint density at radius 3 is 2.71 bits per heavy atom. The number of benzene rings is 1. The van der Waals surface area contributed by atoms with Crippen molar-refractivity contribution in [1.82, 2.24) is 4.72 Å². The largest absolute Gasteiger partial charge is 0.377 e. The fraction of sp³-hybridized carbons (Fsp3) is 0.222. The highest BCUT2D eigenvalue weighted by Gasteiger charge is 2.15. The Kier molecular flexibility index (Phi) is 3.00. The van der Waals surface area contributed by atoms with E-state index in [-0.39, 0.29) is 5.50 Å². The van der Waals surface area contributed by atoms with Gasteiger partial charge in [0.15, 0.2) is 10.7 Å². The minimum absolute atomic E-state index is 0.0442. The number of hydrogen-bond donors (Lipinski definition) is 2. The van der Waals surface area contributed by atoms with Crippen LogP contribution in [-0.4, -0.2) is 10.7 Å². The van der Waals surface area contributed by atoms with E-state index in [4.69, 9.17) is 5.73 Å². The van der Waals surface area contributed by atoms with Crippen LogP contribution in [0.3, 0.4) is 0 Å². The molecular formula is C9H11N3S2. The first kappa shape index (κ1) is 9.89. The fourth-order valence-corrected chi connectivity index (χ4v) is 2.63. The van der Waals surface area contributed by atoms with Gasteiger partial charge in [-0.1, -0.05) is 29.5 Å². The van der Waals surface area contributed by atoms with Crippen molar-refractivity contribution in [2.24, 2.45) is 10.7 Å². The van der Waals surface area contributed by atoms with Crippen molar-refractivity contribution in [2.75, 3.05) is 0 Å². The van der Waals surface area contributed by atoms with Crippen molar-refractivity contribution >= 4 is 28.9 Å². The van der Waals surface area contributed by atoms with Crippen LogP contribution in [-0.2, 0) is 0 Å². The van der Waals surface area contributed by atoms with Gasteiger partial charge in [0, 0.05) is 4.90 Å². The van der Waals surface area contributed by atoms with Crippen LogP contribution in [0.4, 0.5) is 0 Å².